The summed E-state index contributed by atoms with van der Waals surface area (Å²) in [7, 11) is 1.64. The molecule has 33 heavy (non-hydrogen) atoms. The van der Waals surface area contributed by atoms with Crippen LogP contribution in [0.25, 0.3) is 15.7 Å². The number of hydrazine groups is 1. The predicted molar refractivity (Wildman–Crippen MR) is 127 cm³/mol. The molecule has 1 N–H and O–H groups in total. The van der Waals surface area contributed by atoms with Crippen molar-refractivity contribution in [1.29, 1.82) is 0 Å². The molecule has 0 saturated heterocycles. The summed E-state index contributed by atoms with van der Waals surface area (Å²) in [4.78, 5) is 24.9. The Morgan fingerprint density at radius 3 is 3.06 bits per heavy atom. The number of fused-ring (bicyclic) bond motifs is 4. The molecule has 4 heterocycles. The highest BCUT2D eigenvalue weighted by molar-refractivity contribution is 7.18. The van der Waals surface area contributed by atoms with Gasteiger partial charge in [0.05, 0.1) is 24.4 Å². The molecule has 0 bridgehead atoms. The summed E-state index contributed by atoms with van der Waals surface area (Å²) in [6.07, 6.45) is 12.7. The van der Waals surface area contributed by atoms with Gasteiger partial charge < -0.3 is 4.74 Å². The van der Waals surface area contributed by atoms with E-state index >= 15 is 0 Å². The van der Waals surface area contributed by atoms with E-state index in [1.807, 2.05) is 29.5 Å². The van der Waals surface area contributed by atoms with Crippen molar-refractivity contribution in [3.63, 3.8) is 0 Å². The molecule has 0 radical (unpaired) electrons. The lowest BCUT2D eigenvalue weighted by Gasteiger charge is -2.49. The molecule has 170 valence electrons. The second-order valence-corrected chi connectivity index (χ2v) is 10.4. The van der Waals surface area contributed by atoms with Gasteiger partial charge >= 0.3 is 0 Å². The Labute approximate surface area is 195 Å². The Balaban J connectivity index is 1.32. The lowest BCUT2D eigenvalue weighted by Crippen LogP contribution is -2.58. The second kappa shape index (κ2) is 7.69. The number of hydrogen-bond donors (Lipinski definition) is 1. The lowest BCUT2D eigenvalue weighted by molar-refractivity contribution is -0.143. The molecule has 0 aliphatic heterocycles. The Morgan fingerprint density at radius 2 is 2.27 bits per heavy atom. The summed E-state index contributed by atoms with van der Waals surface area (Å²) >= 11 is 1.70. The smallest absolute Gasteiger partial charge is 0.244 e. The average molecular weight is 463 g/mol. The van der Waals surface area contributed by atoms with E-state index < -0.39 is 0 Å². The molecule has 1 saturated carbocycles. The summed E-state index contributed by atoms with van der Waals surface area (Å²) < 4.78 is 7.39. The number of nitrogens with one attached hydrogen (secondary N) is 1. The van der Waals surface area contributed by atoms with Crippen LogP contribution in [0.2, 0.25) is 0 Å². The second-order valence-electron chi connectivity index (χ2n) is 9.28. The summed E-state index contributed by atoms with van der Waals surface area (Å²) in [5.41, 5.74) is 6.30. The van der Waals surface area contributed by atoms with Crippen molar-refractivity contribution < 1.29 is 9.53 Å². The summed E-state index contributed by atoms with van der Waals surface area (Å²) in [5, 5.41) is 7.33. The van der Waals surface area contributed by atoms with Crippen molar-refractivity contribution in [3.8, 4) is 5.75 Å². The first kappa shape index (κ1) is 20.4. The minimum Gasteiger partial charge on any atom is -0.493 e. The number of pyridine rings is 1. The molecule has 9 heteroatoms. The highest BCUT2D eigenvalue weighted by Gasteiger charge is 2.44. The van der Waals surface area contributed by atoms with E-state index in [0.717, 1.165) is 59.9 Å². The molecule has 1 atom stereocenters. The number of amides is 1. The van der Waals surface area contributed by atoms with Crippen molar-refractivity contribution >= 4 is 38.7 Å². The number of anilines is 1. The molecule has 2 aliphatic carbocycles. The molecule has 2 aliphatic rings. The standard InChI is InChI=1S/C24H26N6O2S/c1-24(7-3-8-24)30(28-19-11-16-6-9-27-29(16)13-20(19)32-2)23(31)15-4-5-17-18-12-25-14-26-22(18)33-21(17)10-15/h6,9,11-15,28H,3-5,7-8,10H2,1-2H3. The molecule has 1 fully saturated rings. The van der Waals surface area contributed by atoms with Crippen molar-refractivity contribution in [2.45, 2.75) is 51.0 Å². The van der Waals surface area contributed by atoms with Gasteiger partial charge in [-0.05, 0) is 63.1 Å². The van der Waals surface area contributed by atoms with Gasteiger partial charge in [-0.3, -0.25) is 15.2 Å². The van der Waals surface area contributed by atoms with Crippen molar-refractivity contribution in [1.82, 2.24) is 24.6 Å². The number of nitrogens with zero attached hydrogens (tertiary/aromatic N) is 5. The van der Waals surface area contributed by atoms with E-state index in [4.69, 9.17) is 4.74 Å². The quantitative estimate of drug-likeness (QED) is 0.447. The Kier molecular flexibility index (Phi) is 4.76. The fourth-order valence-electron chi connectivity index (χ4n) is 5.10. The van der Waals surface area contributed by atoms with Crippen molar-refractivity contribution in [2.24, 2.45) is 5.92 Å². The fraction of sp³-hybridized carbons (Fsp3) is 0.417. The summed E-state index contributed by atoms with van der Waals surface area (Å²) in [6, 6.07) is 3.92. The molecule has 4 aromatic rings. The number of carbonyl (C=O) groups excluding carboxylic acids is 1. The summed E-state index contributed by atoms with van der Waals surface area (Å²) in [6.45, 7) is 2.18. The van der Waals surface area contributed by atoms with E-state index in [9.17, 15) is 4.79 Å². The van der Waals surface area contributed by atoms with Crippen LogP contribution in [0.5, 0.6) is 5.75 Å². The average Bonchev–Trinajstić information content (AvgIpc) is 3.43. The van der Waals surface area contributed by atoms with Crippen LogP contribution in [-0.2, 0) is 17.6 Å². The van der Waals surface area contributed by atoms with Crippen molar-refractivity contribution in [2.75, 3.05) is 12.5 Å². The third-order valence-electron chi connectivity index (χ3n) is 7.22. The van der Waals surface area contributed by atoms with Crippen LogP contribution in [0.1, 0.15) is 43.0 Å². The number of hydrogen-bond acceptors (Lipinski definition) is 7. The third-order valence-corrected chi connectivity index (χ3v) is 8.40. The van der Waals surface area contributed by atoms with Crippen LogP contribution in [0.15, 0.2) is 37.1 Å². The Hall–Kier alpha value is -3.20. The number of thiophene rings is 1. The molecule has 4 aromatic heterocycles. The maximum absolute atomic E-state index is 14.0. The van der Waals surface area contributed by atoms with Crippen molar-refractivity contribution in [3.05, 3.63) is 47.5 Å². The van der Waals surface area contributed by atoms with Crippen LogP contribution in [0.3, 0.4) is 0 Å². The van der Waals surface area contributed by atoms with Gasteiger partial charge in [-0.2, -0.15) is 5.10 Å². The van der Waals surface area contributed by atoms with Gasteiger partial charge in [0.15, 0.2) is 5.75 Å². The lowest BCUT2D eigenvalue weighted by atomic mass is 9.76. The normalized spacial score (nSPS) is 19.2. The first-order valence-corrected chi connectivity index (χ1v) is 12.2. The Bertz CT molecular complexity index is 1360. The molecule has 6 rings (SSSR count). The van der Waals surface area contributed by atoms with Gasteiger partial charge in [0.1, 0.15) is 16.8 Å². The number of aromatic nitrogens is 4. The summed E-state index contributed by atoms with van der Waals surface area (Å²) in [5.74, 6) is 0.746. The Morgan fingerprint density at radius 1 is 1.39 bits per heavy atom. The minimum absolute atomic E-state index is 0.0619. The number of methoxy groups -OCH3 is 1. The SMILES string of the molecule is COc1cn2nccc2cc1NN(C(=O)C1CCc2c(sc3ncncc23)C1)C1(C)CCC1. The minimum atomic E-state index is -0.208. The number of carbonyl (C=O) groups is 1. The largest absolute Gasteiger partial charge is 0.493 e. The zero-order valence-electron chi connectivity index (χ0n) is 18.7. The number of rotatable bonds is 5. The molecule has 8 nitrogen and oxygen atoms in total. The van der Waals surface area contributed by atoms with Crippen LogP contribution >= 0.6 is 11.3 Å². The van der Waals surface area contributed by atoms with E-state index in [1.165, 1.54) is 10.4 Å². The zero-order chi connectivity index (χ0) is 22.6. The van der Waals surface area contributed by atoms with Gasteiger partial charge in [0.25, 0.3) is 0 Å². The van der Waals surface area contributed by atoms with E-state index in [-0.39, 0.29) is 17.4 Å². The first-order valence-electron chi connectivity index (χ1n) is 11.4. The molecule has 0 spiro atoms. The van der Waals surface area contributed by atoms with Gasteiger partial charge in [0.2, 0.25) is 5.91 Å². The maximum Gasteiger partial charge on any atom is 0.244 e. The highest BCUT2D eigenvalue weighted by atomic mass is 32.1. The van der Waals surface area contributed by atoms with Crippen LogP contribution in [-0.4, -0.2) is 43.1 Å². The zero-order valence-corrected chi connectivity index (χ0v) is 19.6. The first-order chi connectivity index (χ1) is 16.1. The van der Waals surface area contributed by atoms with Crippen LogP contribution < -0.4 is 10.2 Å². The van der Waals surface area contributed by atoms with E-state index in [2.05, 4.69) is 27.4 Å². The number of ether oxygens (including phenoxy) is 1. The molecule has 1 amide bonds. The molecular weight excluding hydrogens is 436 g/mol. The topological polar surface area (TPSA) is 84.7 Å². The molecular formula is C24H26N6O2S. The van der Waals surface area contributed by atoms with E-state index in [1.54, 1.807) is 35.5 Å². The fourth-order valence-corrected chi connectivity index (χ4v) is 6.34. The molecule has 0 aromatic carbocycles. The maximum atomic E-state index is 14.0. The van der Waals surface area contributed by atoms with Crippen LogP contribution in [0, 0.1) is 5.92 Å². The third kappa shape index (κ3) is 3.33. The predicted octanol–water partition coefficient (Wildman–Crippen LogP) is 4.25. The van der Waals surface area contributed by atoms with Gasteiger partial charge in [-0.1, -0.05) is 0 Å². The molecule has 1 unspecified atom stereocenters. The van der Waals surface area contributed by atoms with Gasteiger partial charge in [0, 0.05) is 28.6 Å². The number of aryl methyl sites for hydroxylation is 1. The van der Waals surface area contributed by atoms with Gasteiger partial charge in [-0.25, -0.2) is 14.5 Å². The highest BCUT2D eigenvalue weighted by Crippen LogP contribution is 2.42. The monoisotopic (exact) mass is 462 g/mol. The van der Waals surface area contributed by atoms with Gasteiger partial charge in [-0.15, -0.1) is 11.3 Å². The van der Waals surface area contributed by atoms with Crippen LogP contribution in [0.4, 0.5) is 5.69 Å². The van der Waals surface area contributed by atoms with E-state index in [0.29, 0.717) is 5.75 Å².